The zero-order valence-electron chi connectivity index (χ0n) is 9.93. The summed E-state index contributed by atoms with van der Waals surface area (Å²) in [5.41, 5.74) is 3.00. The van der Waals surface area contributed by atoms with E-state index in [2.05, 4.69) is 50.8 Å². The van der Waals surface area contributed by atoms with Crippen LogP contribution < -0.4 is 0 Å². The molecule has 0 N–H and O–H groups in total. The van der Waals surface area contributed by atoms with Gasteiger partial charge in [-0.1, -0.05) is 62.8 Å². The van der Waals surface area contributed by atoms with Crippen molar-refractivity contribution in [1.82, 2.24) is 0 Å². The first-order valence-electron chi connectivity index (χ1n) is 5.59. The van der Waals surface area contributed by atoms with Crippen LogP contribution in [0.4, 0.5) is 0 Å². The van der Waals surface area contributed by atoms with Crippen LogP contribution in [-0.4, -0.2) is 8.07 Å². The van der Waals surface area contributed by atoms with Gasteiger partial charge in [-0.25, -0.2) is 0 Å². The highest BCUT2D eigenvalue weighted by Gasteiger charge is 2.13. The van der Waals surface area contributed by atoms with Gasteiger partial charge in [0.05, 0.1) is 0 Å². The van der Waals surface area contributed by atoms with Crippen LogP contribution in [0.1, 0.15) is 24.5 Å². The molecule has 0 heterocycles. The Labute approximate surface area is 89.4 Å². The van der Waals surface area contributed by atoms with Crippen molar-refractivity contribution in [1.29, 1.82) is 0 Å². The molecule has 0 aliphatic rings. The molecule has 1 aromatic carbocycles. The molecule has 1 rings (SSSR count). The van der Waals surface area contributed by atoms with Gasteiger partial charge in [-0.3, -0.25) is 0 Å². The average Bonchev–Trinajstić information content (AvgIpc) is 2.06. The Balaban J connectivity index is 2.64. The van der Waals surface area contributed by atoms with Gasteiger partial charge in [0.2, 0.25) is 0 Å². The van der Waals surface area contributed by atoms with Gasteiger partial charge in [0.15, 0.2) is 0 Å². The molecule has 1 heteroatoms. The van der Waals surface area contributed by atoms with Crippen LogP contribution in [0, 0.1) is 0 Å². The first kappa shape index (κ1) is 11.5. The summed E-state index contributed by atoms with van der Waals surface area (Å²) in [5, 5.41) is 0. The third-order valence-corrected chi connectivity index (χ3v) is 3.77. The molecular formula is C13H22Si. The van der Waals surface area contributed by atoms with Crippen LogP contribution in [-0.2, 0) is 12.5 Å². The molecule has 0 nitrogen and oxygen atoms in total. The van der Waals surface area contributed by atoms with Crippen LogP contribution in [0.5, 0.6) is 0 Å². The molecule has 0 atom stereocenters. The summed E-state index contributed by atoms with van der Waals surface area (Å²) in [4.78, 5) is 0. The lowest BCUT2D eigenvalue weighted by Gasteiger charge is -2.15. The van der Waals surface area contributed by atoms with E-state index in [0.29, 0.717) is 0 Å². The van der Waals surface area contributed by atoms with E-state index >= 15 is 0 Å². The van der Waals surface area contributed by atoms with Gasteiger partial charge in [0.25, 0.3) is 0 Å². The van der Waals surface area contributed by atoms with Crippen molar-refractivity contribution in [3.63, 3.8) is 0 Å². The molecule has 78 valence electrons. The van der Waals surface area contributed by atoms with Crippen LogP contribution >= 0.6 is 0 Å². The smallest absolute Gasteiger partial charge is 0.0487 e. The maximum Gasteiger partial charge on any atom is 0.0487 e. The quantitative estimate of drug-likeness (QED) is 0.652. The van der Waals surface area contributed by atoms with Gasteiger partial charge in [0.1, 0.15) is 0 Å². The molecule has 0 saturated heterocycles. The van der Waals surface area contributed by atoms with E-state index in [1.807, 2.05) is 0 Å². The molecule has 0 saturated carbocycles. The number of aryl methyl sites for hydroxylation is 1. The molecule has 1 aromatic rings. The Morgan fingerprint density at radius 3 is 1.86 bits per heavy atom. The topological polar surface area (TPSA) is 0 Å². The molecule has 0 amide bonds. The Bertz CT molecular complexity index is 266. The number of rotatable bonds is 4. The molecule has 0 aliphatic heterocycles. The van der Waals surface area contributed by atoms with E-state index in [1.165, 1.54) is 30.0 Å². The standard InChI is InChI=1S/C13H22Si/c1-5-6-12-7-9-13(10-8-12)11-14(2,3)4/h7-10H,5-6,11H2,1-4H3. The van der Waals surface area contributed by atoms with Crippen LogP contribution in [0.15, 0.2) is 24.3 Å². The van der Waals surface area contributed by atoms with Gasteiger partial charge in [0, 0.05) is 8.07 Å². The molecule has 14 heavy (non-hydrogen) atoms. The second-order valence-corrected chi connectivity index (χ2v) is 10.8. The van der Waals surface area contributed by atoms with Crippen molar-refractivity contribution in [2.24, 2.45) is 0 Å². The second kappa shape index (κ2) is 4.79. The number of hydrogen-bond acceptors (Lipinski definition) is 0. The summed E-state index contributed by atoms with van der Waals surface area (Å²) in [7, 11) is -0.934. The molecule has 0 spiro atoms. The van der Waals surface area contributed by atoms with E-state index in [-0.39, 0.29) is 0 Å². The first-order chi connectivity index (χ1) is 6.51. The largest absolute Gasteiger partial charge is 0.0693 e. The van der Waals surface area contributed by atoms with Gasteiger partial charge in [-0.15, -0.1) is 0 Å². The third kappa shape index (κ3) is 4.10. The monoisotopic (exact) mass is 206 g/mol. The van der Waals surface area contributed by atoms with Crippen molar-refractivity contribution in [2.75, 3.05) is 0 Å². The maximum atomic E-state index is 2.42. The normalized spacial score (nSPS) is 11.7. The van der Waals surface area contributed by atoms with E-state index < -0.39 is 8.07 Å². The van der Waals surface area contributed by atoms with Crippen LogP contribution in [0.25, 0.3) is 0 Å². The van der Waals surface area contributed by atoms with Gasteiger partial charge in [-0.2, -0.15) is 0 Å². The van der Waals surface area contributed by atoms with Gasteiger partial charge < -0.3 is 0 Å². The van der Waals surface area contributed by atoms with Crippen LogP contribution in [0.2, 0.25) is 19.6 Å². The Morgan fingerprint density at radius 1 is 0.929 bits per heavy atom. The van der Waals surface area contributed by atoms with Crippen LogP contribution in [0.3, 0.4) is 0 Å². The molecule has 0 aliphatic carbocycles. The summed E-state index contributed by atoms with van der Waals surface area (Å²) >= 11 is 0. The molecule has 0 fully saturated rings. The predicted molar refractivity (Wildman–Crippen MR) is 67.5 cm³/mol. The van der Waals surface area contributed by atoms with Crippen molar-refractivity contribution in [3.8, 4) is 0 Å². The second-order valence-electron chi connectivity index (χ2n) is 5.30. The molecule has 0 unspecified atom stereocenters. The minimum Gasteiger partial charge on any atom is -0.0693 e. The lowest BCUT2D eigenvalue weighted by atomic mass is 10.1. The van der Waals surface area contributed by atoms with Gasteiger partial charge in [-0.05, 0) is 18.0 Å². The summed E-state index contributed by atoms with van der Waals surface area (Å²) in [6.07, 6.45) is 2.46. The fourth-order valence-corrected chi connectivity index (χ4v) is 3.19. The fourth-order valence-electron chi connectivity index (χ4n) is 1.72. The zero-order chi connectivity index (χ0) is 10.6. The van der Waals surface area contributed by atoms with Crippen molar-refractivity contribution < 1.29 is 0 Å². The SMILES string of the molecule is CCCc1ccc(C[Si](C)(C)C)cc1. The highest BCUT2D eigenvalue weighted by atomic mass is 28.3. The molecule has 0 radical (unpaired) electrons. The van der Waals surface area contributed by atoms with Crippen molar-refractivity contribution in [3.05, 3.63) is 35.4 Å². The molecule has 0 bridgehead atoms. The van der Waals surface area contributed by atoms with E-state index in [0.717, 1.165) is 0 Å². The minimum absolute atomic E-state index is 0.934. The Hall–Kier alpha value is -0.563. The predicted octanol–water partition coefficient (Wildman–Crippen LogP) is 4.06. The highest BCUT2D eigenvalue weighted by Crippen LogP contribution is 2.13. The first-order valence-corrected chi connectivity index (χ1v) is 9.30. The van der Waals surface area contributed by atoms with E-state index in [1.54, 1.807) is 0 Å². The van der Waals surface area contributed by atoms with Crippen molar-refractivity contribution >= 4 is 8.07 Å². The minimum atomic E-state index is -0.934. The maximum absolute atomic E-state index is 2.42. The summed E-state index contributed by atoms with van der Waals surface area (Å²) in [6, 6.07) is 10.5. The lowest BCUT2D eigenvalue weighted by molar-refractivity contribution is 0.921. The van der Waals surface area contributed by atoms with E-state index in [9.17, 15) is 0 Å². The Morgan fingerprint density at radius 2 is 1.43 bits per heavy atom. The highest BCUT2D eigenvalue weighted by molar-refractivity contribution is 6.75. The lowest BCUT2D eigenvalue weighted by Crippen LogP contribution is -2.23. The molecule has 0 aromatic heterocycles. The fraction of sp³-hybridized carbons (Fsp3) is 0.538. The Kier molecular flexibility index (Phi) is 3.94. The average molecular weight is 206 g/mol. The zero-order valence-corrected chi connectivity index (χ0v) is 10.9. The number of benzene rings is 1. The third-order valence-electron chi connectivity index (χ3n) is 2.30. The summed E-state index contributed by atoms with van der Waals surface area (Å²) < 4.78 is 0. The molecular weight excluding hydrogens is 184 g/mol. The summed E-state index contributed by atoms with van der Waals surface area (Å²) in [6.45, 7) is 9.50. The van der Waals surface area contributed by atoms with E-state index in [4.69, 9.17) is 0 Å². The van der Waals surface area contributed by atoms with Crippen molar-refractivity contribution in [2.45, 2.75) is 45.5 Å². The number of hydrogen-bond donors (Lipinski definition) is 0. The summed E-state index contributed by atoms with van der Waals surface area (Å²) in [5.74, 6) is 0. The van der Waals surface area contributed by atoms with Gasteiger partial charge >= 0.3 is 0 Å².